The lowest BCUT2D eigenvalue weighted by molar-refractivity contribution is 0.0330. The second-order valence-corrected chi connectivity index (χ2v) is 11.1. The molecule has 9 heteroatoms. The summed E-state index contributed by atoms with van der Waals surface area (Å²) in [6.45, 7) is 5.97. The Kier molecular flexibility index (Phi) is 9.80. The van der Waals surface area contributed by atoms with Crippen LogP contribution in [0, 0.1) is 17.7 Å². The molecule has 2 aromatic rings. The Balaban J connectivity index is 1.53. The molecule has 1 heterocycles. The zero-order valence-electron chi connectivity index (χ0n) is 23.2. The standard InChI is InChI=1S/C30H41FN4O4/c1-20-16-35(21(2)19-36)29(37)26-15-25(33-30(38)32-24-11-9-23(31)10-12-24)13-14-27(26)39-28(20)18-34(3)17-22-7-5-4-6-8-22/h9-15,20-22,28,36H,4-8,16-19H2,1-3H3,(H2,32,33,38)/t20-,21+,28+/m0/s1. The Morgan fingerprint density at radius 2 is 1.77 bits per heavy atom. The fourth-order valence-electron chi connectivity index (χ4n) is 5.54. The highest BCUT2D eigenvalue weighted by atomic mass is 19.1. The van der Waals surface area contributed by atoms with E-state index in [0.717, 1.165) is 13.1 Å². The Labute approximate surface area is 230 Å². The van der Waals surface area contributed by atoms with Crippen molar-refractivity contribution >= 4 is 23.3 Å². The lowest BCUT2D eigenvalue weighted by atomic mass is 9.89. The van der Waals surface area contributed by atoms with Gasteiger partial charge in [-0.25, -0.2) is 9.18 Å². The Morgan fingerprint density at radius 1 is 1.10 bits per heavy atom. The third-order valence-electron chi connectivity index (χ3n) is 7.81. The number of amides is 3. The van der Waals surface area contributed by atoms with Crippen molar-refractivity contribution < 1.29 is 23.8 Å². The second kappa shape index (κ2) is 13.3. The summed E-state index contributed by atoms with van der Waals surface area (Å²) in [5, 5.41) is 15.3. The molecule has 2 aromatic carbocycles. The molecule has 1 aliphatic carbocycles. The number of benzene rings is 2. The van der Waals surface area contributed by atoms with E-state index in [1.807, 2.05) is 6.92 Å². The highest BCUT2D eigenvalue weighted by Crippen LogP contribution is 2.31. The van der Waals surface area contributed by atoms with Gasteiger partial charge in [-0.3, -0.25) is 4.79 Å². The Morgan fingerprint density at radius 3 is 2.46 bits per heavy atom. The van der Waals surface area contributed by atoms with E-state index in [1.54, 1.807) is 23.1 Å². The maximum atomic E-state index is 13.6. The van der Waals surface area contributed by atoms with Crippen LogP contribution in [-0.4, -0.2) is 72.3 Å². The number of halogens is 1. The number of likely N-dealkylation sites (N-methyl/N-ethyl adjacent to an activating group) is 1. The Bertz CT molecular complexity index is 1120. The molecule has 3 N–H and O–H groups in total. The zero-order valence-corrected chi connectivity index (χ0v) is 23.2. The molecule has 1 aliphatic heterocycles. The quantitative estimate of drug-likeness (QED) is 0.428. The molecular weight excluding hydrogens is 499 g/mol. The first kappa shape index (κ1) is 28.8. The summed E-state index contributed by atoms with van der Waals surface area (Å²) < 4.78 is 19.7. The highest BCUT2D eigenvalue weighted by Gasteiger charge is 2.34. The van der Waals surface area contributed by atoms with E-state index in [4.69, 9.17) is 4.74 Å². The monoisotopic (exact) mass is 540 g/mol. The molecule has 0 saturated heterocycles. The summed E-state index contributed by atoms with van der Waals surface area (Å²) in [6.07, 6.45) is 6.33. The zero-order chi connectivity index (χ0) is 27.9. The van der Waals surface area contributed by atoms with Gasteiger partial charge < -0.3 is 30.3 Å². The van der Waals surface area contributed by atoms with Crippen LogP contribution in [0.1, 0.15) is 56.3 Å². The molecule has 212 valence electrons. The molecule has 0 spiro atoms. The average molecular weight is 541 g/mol. The number of hydrogen-bond donors (Lipinski definition) is 3. The number of carbonyl (C=O) groups is 2. The van der Waals surface area contributed by atoms with E-state index < -0.39 is 11.8 Å². The number of ether oxygens (including phenoxy) is 1. The minimum absolute atomic E-state index is 0.0456. The van der Waals surface area contributed by atoms with Crippen LogP contribution in [-0.2, 0) is 0 Å². The average Bonchev–Trinajstić information content (AvgIpc) is 2.92. The molecule has 39 heavy (non-hydrogen) atoms. The van der Waals surface area contributed by atoms with Crippen LogP contribution in [0.4, 0.5) is 20.6 Å². The third-order valence-corrected chi connectivity index (χ3v) is 7.81. The molecule has 1 saturated carbocycles. The molecule has 0 unspecified atom stereocenters. The van der Waals surface area contributed by atoms with Crippen LogP contribution < -0.4 is 15.4 Å². The number of fused-ring (bicyclic) bond motifs is 1. The SMILES string of the molecule is C[C@H](CO)N1C[C@H](C)[C@@H](CN(C)CC2CCCCC2)Oc2ccc(NC(=O)Nc3ccc(F)cc3)cc2C1=O. The summed E-state index contributed by atoms with van der Waals surface area (Å²) in [7, 11) is 2.14. The normalized spacial score (nSPS) is 21.0. The van der Waals surface area contributed by atoms with Crippen molar-refractivity contribution in [2.75, 3.05) is 43.9 Å². The van der Waals surface area contributed by atoms with Crippen molar-refractivity contribution in [3.05, 3.63) is 53.8 Å². The first-order valence-electron chi connectivity index (χ1n) is 14.0. The van der Waals surface area contributed by atoms with Crippen LogP contribution >= 0.6 is 0 Å². The fraction of sp³-hybridized carbons (Fsp3) is 0.533. The summed E-state index contributed by atoms with van der Waals surface area (Å²) in [6, 6.07) is 9.59. The molecule has 0 aromatic heterocycles. The van der Waals surface area contributed by atoms with E-state index in [9.17, 15) is 19.1 Å². The van der Waals surface area contributed by atoms with E-state index >= 15 is 0 Å². The maximum absolute atomic E-state index is 13.6. The van der Waals surface area contributed by atoms with Crippen molar-refractivity contribution in [1.82, 2.24) is 9.80 Å². The molecule has 8 nitrogen and oxygen atoms in total. The molecule has 2 aliphatic rings. The van der Waals surface area contributed by atoms with Crippen molar-refractivity contribution in [1.29, 1.82) is 0 Å². The number of hydrogen-bond acceptors (Lipinski definition) is 5. The van der Waals surface area contributed by atoms with Gasteiger partial charge in [0.25, 0.3) is 5.91 Å². The smallest absolute Gasteiger partial charge is 0.323 e. The number of urea groups is 1. The van der Waals surface area contributed by atoms with Crippen molar-refractivity contribution in [2.24, 2.45) is 11.8 Å². The topological polar surface area (TPSA) is 94.1 Å². The van der Waals surface area contributed by atoms with Crippen LogP contribution in [0.15, 0.2) is 42.5 Å². The summed E-state index contributed by atoms with van der Waals surface area (Å²) >= 11 is 0. The molecule has 0 radical (unpaired) electrons. The molecule has 4 rings (SSSR count). The minimum Gasteiger partial charge on any atom is -0.488 e. The summed E-state index contributed by atoms with van der Waals surface area (Å²) in [5.41, 5.74) is 1.19. The van der Waals surface area contributed by atoms with Crippen LogP contribution in [0.25, 0.3) is 0 Å². The fourth-order valence-corrected chi connectivity index (χ4v) is 5.54. The molecule has 1 fully saturated rings. The van der Waals surface area contributed by atoms with Crippen LogP contribution in [0.3, 0.4) is 0 Å². The summed E-state index contributed by atoms with van der Waals surface area (Å²) in [5.74, 6) is 0.569. The van der Waals surface area contributed by atoms with Crippen molar-refractivity contribution in [3.63, 3.8) is 0 Å². The van der Waals surface area contributed by atoms with Crippen LogP contribution in [0.5, 0.6) is 5.75 Å². The maximum Gasteiger partial charge on any atom is 0.323 e. The molecule has 3 amide bonds. The van der Waals surface area contributed by atoms with Gasteiger partial charge in [-0.2, -0.15) is 0 Å². The van der Waals surface area contributed by atoms with E-state index in [1.165, 1.54) is 56.4 Å². The van der Waals surface area contributed by atoms with Gasteiger partial charge in [0.05, 0.1) is 18.2 Å². The lowest BCUT2D eigenvalue weighted by Gasteiger charge is -2.38. The van der Waals surface area contributed by atoms with Gasteiger partial charge in [-0.1, -0.05) is 26.2 Å². The number of aliphatic hydroxyl groups excluding tert-OH is 1. The predicted octanol–water partition coefficient (Wildman–Crippen LogP) is 5.20. The lowest BCUT2D eigenvalue weighted by Crippen LogP contribution is -2.50. The largest absolute Gasteiger partial charge is 0.488 e. The van der Waals surface area contributed by atoms with Gasteiger partial charge >= 0.3 is 6.03 Å². The van der Waals surface area contributed by atoms with E-state index in [2.05, 4.69) is 29.5 Å². The van der Waals surface area contributed by atoms with Gasteiger partial charge in [0.1, 0.15) is 17.7 Å². The highest BCUT2D eigenvalue weighted by molar-refractivity contribution is 6.02. The number of nitrogens with zero attached hydrogens (tertiary/aromatic N) is 2. The number of anilines is 2. The van der Waals surface area contributed by atoms with Crippen molar-refractivity contribution in [2.45, 2.75) is 58.1 Å². The number of aliphatic hydroxyl groups is 1. The molecule has 3 atom stereocenters. The molecule has 0 bridgehead atoms. The van der Waals surface area contributed by atoms with Gasteiger partial charge in [0.2, 0.25) is 0 Å². The minimum atomic E-state index is -0.516. The van der Waals surface area contributed by atoms with Gasteiger partial charge in [0, 0.05) is 36.9 Å². The van der Waals surface area contributed by atoms with Crippen molar-refractivity contribution in [3.8, 4) is 5.75 Å². The second-order valence-electron chi connectivity index (χ2n) is 11.1. The first-order valence-corrected chi connectivity index (χ1v) is 14.0. The van der Waals surface area contributed by atoms with Gasteiger partial charge in [-0.15, -0.1) is 0 Å². The number of nitrogens with one attached hydrogen (secondary N) is 2. The molecular formula is C30H41FN4O4. The van der Waals surface area contributed by atoms with Gasteiger partial charge in [-0.05, 0) is 75.2 Å². The van der Waals surface area contributed by atoms with Crippen LogP contribution in [0.2, 0.25) is 0 Å². The van der Waals surface area contributed by atoms with Gasteiger partial charge in [0.15, 0.2) is 0 Å². The predicted molar refractivity (Wildman–Crippen MR) is 151 cm³/mol. The Hall–Kier alpha value is -3.17. The third kappa shape index (κ3) is 7.70. The number of rotatable bonds is 8. The number of carbonyl (C=O) groups excluding carboxylic acids is 2. The van der Waals surface area contributed by atoms with E-state index in [0.29, 0.717) is 35.2 Å². The van der Waals surface area contributed by atoms with E-state index in [-0.39, 0.29) is 30.6 Å². The summed E-state index contributed by atoms with van der Waals surface area (Å²) in [4.78, 5) is 30.2. The first-order chi connectivity index (χ1) is 18.7.